The number of benzene rings is 1. The highest BCUT2D eigenvalue weighted by Gasteiger charge is 2.27. The molecule has 2 rings (SSSR count). The lowest BCUT2D eigenvalue weighted by atomic mass is 9.94. The van der Waals surface area contributed by atoms with E-state index in [0.29, 0.717) is 5.92 Å². The number of rotatable bonds is 6. The minimum absolute atomic E-state index is 0.452. The maximum atomic E-state index is 10.6. The van der Waals surface area contributed by atoms with Crippen molar-refractivity contribution in [2.24, 2.45) is 0 Å². The van der Waals surface area contributed by atoms with Crippen molar-refractivity contribution in [3.05, 3.63) is 35.9 Å². The number of aliphatic hydroxyl groups is 1. The molecule has 20 heavy (non-hydrogen) atoms. The van der Waals surface area contributed by atoms with Gasteiger partial charge >= 0.3 is 0 Å². The summed E-state index contributed by atoms with van der Waals surface area (Å²) < 4.78 is 0. The predicted molar refractivity (Wildman–Crippen MR) is 85.0 cm³/mol. The molecule has 0 spiro atoms. The molecule has 1 unspecified atom stereocenters. The van der Waals surface area contributed by atoms with Crippen molar-refractivity contribution < 1.29 is 5.11 Å². The van der Waals surface area contributed by atoms with Crippen LogP contribution in [0.4, 0.5) is 0 Å². The molecule has 1 aliphatic carbocycles. The minimum Gasteiger partial charge on any atom is -0.389 e. The Kier molecular flexibility index (Phi) is 6.06. The maximum absolute atomic E-state index is 10.6. The van der Waals surface area contributed by atoms with Gasteiger partial charge in [0.05, 0.1) is 5.60 Å². The normalized spacial score (nSPS) is 20.3. The summed E-state index contributed by atoms with van der Waals surface area (Å²) in [4.78, 5) is 0. The molecule has 0 saturated heterocycles. The third-order valence-corrected chi connectivity index (χ3v) is 4.61. The highest BCUT2D eigenvalue weighted by molar-refractivity contribution is 5.18. The molecule has 0 aliphatic heterocycles. The largest absolute Gasteiger partial charge is 0.389 e. The van der Waals surface area contributed by atoms with Crippen molar-refractivity contribution in [2.75, 3.05) is 13.1 Å². The van der Waals surface area contributed by atoms with Crippen LogP contribution in [0.25, 0.3) is 0 Å². The Labute approximate surface area is 123 Å². The quantitative estimate of drug-likeness (QED) is 0.610. The lowest BCUT2D eigenvalue weighted by Gasteiger charge is -2.27. The molecule has 1 fully saturated rings. The summed E-state index contributed by atoms with van der Waals surface area (Å²) in [6.07, 6.45) is 7.99. The van der Waals surface area contributed by atoms with Gasteiger partial charge in [0.1, 0.15) is 0 Å². The molecular weight excluding hydrogens is 246 g/mol. The average molecular weight is 275 g/mol. The van der Waals surface area contributed by atoms with E-state index in [1.54, 1.807) is 0 Å². The fraction of sp³-hybridized carbons (Fsp3) is 0.667. The van der Waals surface area contributed by atoms with Crippen molar-refractivity contribution in [2.45, 2.75) is 63.4 Å². The molecule has 1 saturated carbocycles. The van der Waals surface area contributed by atoms with E-state index in [0.717, 1.165) is 32.4 Å². The van der Waals surface area contributed by atoms with E-state index in [9.17, 15) is 5.11 Å². The molecule has 2 nitrogen and oxygen atoms in total. The summed E-state index contributed by atoms with van der Waals surface area (Å²) >= 11 is 0. The predicted octanol–water partition coefficient (Wildman–Crippen LogP) is 3.86. The van der Waals surface area contributed by atoms with Gasteiger partial charge in [-0.1, -0.05) is 62.9 Å². The average Bonchev–Trinajstić information content (AvgIpc) is 2.69. The Morgan fingerprint density at radius 3 is 2.40 bits per heavy atom. The van der Waals surface area contributed by atoms with Crippen LogP contribution in [0.5, 0.6) is 0 Å². The first-order valence-corrected chi connectivity index (χ1v) is 8.18. The summed E-state index contributed by atoms with van der Waals surface area (Å²) in [5.41, 5.74) is 0.953. The van der Waals surface area contributed by atoms with Crippen molar-refractivity contribution >= 4 is 0 Å². The zero-order chi connectivity index (χ0) is 14.3. The third-order valence-electron chi connectivity index (χ3n) is 4.61. The molecule has 2 heteroatoms. The van der Waals surface area contributed by atoms with Crippen LogP contribution in [0.2, 0.25) is 0 Å². The third kappa shape index (κ3) is 4.92. The molecule has 112 valence electrons. The molecule has 0 aromatic heterocycles. The van der Waals surface area contributed by atoms with Gasteiger partial charge in [0.15, 0.2) is 0 Å². The zero-order valence-corrected chi connectivity index (χ0v) is 12.8. The summed E-state index contributed by atoms with van der Waals surface area (Å²) in [7, 11) is 0. The molecule has 1 atom stereocenters. The number of hydrogen-bond acceptors (Lipinski definition) is 2. The molecule has 0 bridgehead atoms. The first kappa shape index (κ1) is 15.5. The number of nitrogens with one attached hydrogen (secondary N) is 1. The Hall–Kier alpha value is -0.860. The zero-order valence-electron chi connectivity index (χ0n) is 12.8. The lowest BCUT2D eigenvalue weighted by molar-refractivity contribution is 0.0254. The van der Waals surface area contributed by atoms with Crippen LogP contribution < -0.4 is 5.32 Å². The van der Waals surface area contributed by atoms with Crippen LogP contribution in [-0.4, -0.2) is 23.8 Å². The van der Waals surface area contributed by atoms with Crippen LogP contribution in [0.15, 0.2) is 30.3 Å². The van der Waals surface area contributed by atoms with Gasteiger partial charge in [0.2, 0.25) is 0 Å². The summed E-state index contributed by atoms with van der Waals surface area (Å²) in [5.74, 6) is 0.576. The van der Waals surface area contributed by atoms with Crippen LogP contribution in [-0.2, 0) is 0 Å². The Morgan fingerprint density at radius 2 is 1.75 bits per heavy atom. The lowest BCUT2D eigenvalue weighted by Crippen LogP contribution is -2.40. The van der Waals surface area contributed by atoms with E-state index in [1.807, 2.05) is 0 Å². The molecule has 1 aliphatic rings. The van der Waals surface area contributed by atoms with E-state index in [1.165, 1.54) is 31.2 Å². The van der Waals surface area contributed by atoms with E-state index in [4.69, 9.17) is 0 Å². The van der Waals surface area contributed by atoms with Crippen LogP contribution in [0, 0.1) is 0 Å². The smallest absolute Gasteiger partial charge is 0.0771 e. The molecular formula is C18H29NO. The fourth-order valence-electron chi connectivity index (χ4n) is 3.15. The molecule has 1 aromatic rings. The van der Waals surface area contributed by atoms with E-state index >= 15 is 0 Å². The Bertz CT molecular complexity index is 368. The second-order valence-corrected chi connectivity index (χ2v) is 6.42. The van der Waals surface area contributed by atoms with Gasteiger partial charge in [0.25, 0.3) is 0 Å². The minimum atomic E-state index is -0.452. The monoisotopic (exact) mass is 275 g/mol. The number of hydrogen-bond donors (Lipinski definition) is 2. The maximum Gasteiger partial charge on any atom is 0.0771 e. The molecule has 0 radical (unpaired) electrons. The van der Waals surface area contributed by atoms with Crippen molar-refractivity contribution in [1.82, 2.24) is 5.32 Å². The second kappa shape index (κ2) is 7.80. The first-order valence-electron chi connectivity index (χ1n) is 8.18. The van der Waals surface area contributed by atoms with Gasteiger partial charge in [0, 0.05) is 6.54 Å². The van der Waals surface area contributed by atoms with E-state index in [-0.39, 0.29) is 0 Å². The van der Waals surface area contributed by atoms with Crippen molar-refractivity contribution in [3.63, 3.8) is 0 Å². The topological polar surface area (TPSA) is 32.3 Å². The molecule has 0 heterocycles. The summed E-state index contributed by atoms with van der Waals surface area (Å²) in [6.45, 7) is 4.02. The van der Waals surface area contributed by atoms with Crippen molar-refractivity contribution in [3.8, 4) is 0 Å². The summed E-state index contributed by atoms with van der Waals surface area (Å²) in [5, 5.41) is 14.0. The molecule has 2 N–H and O–H groups in total. The Morgan fingerprint density at radius 1 is 1.10 bits per heavy atom. The van der Waals surface area contributed by atoms with E-state index in [2.05, 4.69) is 42.6 Å². The van der Waals surface area contributed by atoms with E-state index < -0.39 is 5.60 Å². The first-order chi connectivity index (χ1) is 9.70. The second-order valence-electron chi connectivity index (χ2n) is 6.42. The van der Waals surface area contributed by atoms with Gasteiger partial charge in [-0.05, 0) is 37.3 Å². The van der Waals surface area contributed by atoms with Gasteiger partial charge < -0.3 is 10.4 Å². The van der Waals surface area contributed by atoms with Gasteiger partial charge in [-0.15, -0.1) is 0 Å². The molecule has 0 amide bonds. The SMILES string of the molecule is CC(CCNCC1(O)CCCCCC1)c1ccccc1. The van der Waals surface area contributed by atoms with Gasteiger partial charge in [-0.25, -0.2) is 0 Å². The van der Waals surface area contributed by atoms with Crippen LogP contribution >= 0.6 is 0 Å². The summed E-state index contributed by atoms with van der Waals surface area (Å²) in [6, 6.07) is 10.7. The highest BCUT2D eigenvalue weighted by atomic mass is 16.3. The standard InChI is InChI=1S/C18H29NO/c1-16(17-9-5-4-6-10-17)11-14-19-15-18(20)12-7-2-3-8-13-18/h4-6,9-10,16,19-20H,2-3,7-8,11-15H2,1H3. The Balaban J connectivity index is 1.68. The fourth-order valence-corrected chi connectivity index (χ4v) is 3.15. The van der Waals surface area contributed by atoms with Crippen molar-refractivity contribution in [1.29, 1.82) is 0 Å². The van der Waals surface area contributed by atoms with Gasteiger partial charge in [-0.2, -0.15) is 0 Å². The van der Waals surface area contributed by atoms with Crippen LogP contribution in [0.3, 0.4) is 0 Å². The molecule has 1 aromatic carbocycles. The highest BCUT2D eigenvalue weighted by Crippen LogP contribution is 2.26. The van der Waals surface area contributed by atoms with Crippen LogP contribution in [0.1, 0.15) is 63.4 Å². The van der Waals surface area contributed by atoms with Gasteiger partial charge in [-0.3, -0.25) is 0 Å².